The van der Waals surface area contributed by atoms with E-state index >= 15 is 0 Å². The van der Waals surface area contributed by atoms with Crippen LogP contribution in [-0.4, -0.2) is 4.98 Å². The maximum atomic E-state index is 6.84. The highest BCUT2D eigenvalue weighted by Crippen LogP contribution is 2.51. The summed E-state index contributed by atoms with van der Waals surface area (Å²) in [6.07, 6.45) is 8.13. The van der Waals surface area contributed by atoms with Crippen LogP contribution in [0.4, 0.5) is 0 Å². The topological polar surface area (TPSA) is 29.9 Å². The highest BCUT2D eigenvalue weighted by Gasteiger charge is 2.39. The summed E-state index contributed by atoms with van der Waals surface area (Å²) in [6.45, 7) is 13.8. The molecule has 0 N–H and O–H groups in total. The summed E-state index contributed by atoms with van der Waals surface area (Å²) in [5.41, 5.74) is 9.86. The average Bonchev–Trinajstić information content (AvgIpc) is 3.06. The fraction of sp³-hybridized carbons (Fsp3) is 0.407. The number of aryl methyl sites for hydroxylation is 3. The molecule has 1 aliphatic carbocycles. The zero-order valence-electron chi connectivity index (χ0n) is 19.2. The fourth-order valence-electron chi connectivity index (χ4n) is 5.48. The van der Waals surface area contributed by atoms with Gasteiger partial charge in [-0.15, -0.1) is 0 Å². The first-order valence-corrected chi connectivity index (χ1v) is 10.9. The Hall–Kier alpha value is -2.68. The molecule has 3 nitrogen and oxygen atoms in total. The summed E-state index contributed by atoms with van der Waals surface area (Å²) in [7, 11) is 2.07. The van der Waals surface area contributed by atoms with Gasteiger partial charge in [0.25, 0.3) is 0 Å². The number of hydrogen-bond donors (Lipinski definition) is 0. The van der Waals surface area contributed by atoms with Crippen LogP contribution in [0.1, 0.15) is 62.8 Å². The van der Waals surface area contributed by atoms with Crippen molar-refractivity contribution in [1.29, 1.82) is 0 Å². The predicted molar refractivity (Wildman–Crippen MR) is 123 cm³/mol. The molecule has 4 aromatic rings. The minimum Gasteiger partial charge on any atom is -0.455 e. The molecule has 0 radical (unpaired) electrons. The Morgan fingerprint density at radius 2 is 1.70 bits per heavy atom. The standard InChI is InChI=1S/C27H31N2O/c1-16-14-17(2)22(20-15-28-12-13-29(20)7)25-21(16)18-8-9-19-23(24(18)30-25)27(5,6)11-10-26(19,3)4/h8-9,12-15H,10-11H2,1-7H3/q+1. The molecule has 0 saturated heterocycles. The zero-order valence-corrected chi connectivity index (χ0v) is 19.2. The number of fused-ring (bicyclic) bond motifs is 5. The van der Waals surface area contributed by atoms with Gasteiger partial charge in [0.15, 0.2) is 6.20 Å². The van der Waals surface area contributed by atoms with E-state index in [1.807, 2.05) is 18.6 Å². The third kappa shape index (κ3) is 2.57. The quantitative estimate of drug-likeness (QED) is 0.345. The third-order valence-electron chi connectivity index (χ3n) is 7.30. The van der Waals surface area contributed by atoms with E-state index in [9.17, 15) is 0 Å². The minimum atomic E-state index is 0.0975. The number of benzene rings is 2. The van der Waals surface area contributed by atoms with E-state index in [0.717, 1.165) is 22.4 Å². The van der Waals surface area contributed by atoms with Gasteiger partial charge < -0.3 is 4.42 Å². The van der Waals surface area contributed by atoms with Crippen LogP contribution in [0, 0.1) is 13.8 Å². The molecule has 1 aliphatic rings. The van der Waals surface area contributed by atoms with Crippen LogP contribution in [0.5, 0.6) is 0 Å². The molecule has 0 atom stereocenters. The highest BCUT2D eigenvalue weighted by atomic mass is 16.3. The maximum absolute atomic E-state index is 6.84. The van der Waals surface area contributed by atoms with Crippen LogP contribution in [-0.2, 0) is 17.9 Å². The van der Waals surface area contributed by atoms with Gasteiger partial charge in [-0.3, -0.25) is 4.98 Å². The number of hydrogen-bond acceptors (Lipinski definition) is 2. The van der Waals surface area contributed by atoms with E-state index in [2.05, 4.69) is 76.3 Å². The van der Waals surface area contributed by atoms with Crippen molar-refractivity contribution in [3.63, 3.8) is 0 Å². The summed E-state index contributed by atoms with van der Waals surface area (Å²) >= 11 is 0. The lowest BCUT2D eigenvalue weighted by Crippen LogP contribution is -2.33. The lowest BCUT2D eigenvalue weighted by molar-refractivity contribution is -0.660. The lowest BCUT2D eigenvalue weighted by atomic mass is 9.63. The summed E-state index contributed by atoms with van der Waals surface area (Å²) in [6, 6.07) is 6.93. The molecular weight excluding hydrogens is 368 g/mol. The van der Waals surface area contributed by atoms with Crippen LogP contribution in [0.25, 0.3) is 33.2 Å². The molecular formula is C27H31N2O+. The van der Waals surface area contributed by atoms with Crippen molar-refractivity contribution in [2.45, 2.75) is 65.2 Å². The molecule has 2 aromatic carbocycles. The zero-order chi connectivity index (χ0) is 21.4. The Bertz CT molecular complexity index is 1320. The number of furan rings is 1. The summed E-state index contributed by atoms with van der Waals surface area (Å²) in [5, 5.41) is 2.47. The number of aromatic nitrogens is 2. The van der Waals surface area contributed by atoms with Crippen molar-refractivity contribution in [3.05, 3.63) is 59.0 Å². The largest absolute Gasteiger partial charge is 0.455 e. The van der Waals surface area contributed by atoms with Gasteiger partial charge in [0.2, 0.25) is 5.69 Å². The molecule has 30 heavy (non-hydrogen) atoms. The van der Waals surface area contributed by atoms with Gasteiger partial charge in [0.1, 0.15) is 18.2 Å². The second-order valence-electron chi connectivity index (χ2n) is 10.4. The average molecular weight is 400 g/mol. The summed E-state index contributed by atoms with van der Waals surface area (Å²) < 4.78 is 8.97. The minimum absolute atomic E-state index is 0.0975. The molecule has 0 saturated carbocycles. The van der Waals surface area contributed by atoms with Crippen molar-refractivity contribution < 1.29 is 8.98 Å². The number of rotatable bonds is 1. The van der Waals surface area contributed by atoms with E-state index < -0.39 is 0 Å². The van der Waals surface area contributed by atoms with E-state index in [0.29, 0.717) is 0 Å². The Morgan fingerprint density at radius 1 is 0.967 bits per heavy atom. The van der Waals surface area contributed by atoms with Gasteiger partial charge >= 0.3 is 0 Å². The molecule has 0 amide bonds. The van der Waals surface area contributed by atoms with Crippen molar-refractivity contribution in [2.75, 3.05) is 0 Å². The van der Waals surface area contributed by atoms with Crippen LogP contribution in [0.2, 0.25) is 0 Å². The molecule has 0 spiro atoms. The molecule has 154 valence electrons. The smallest absolute Gasteiger partial charge is 0.234 e. The Kier molecular flexibility index (Phi) is 3.96. The van der Waals surface area contributed by atoms with Crippen LogP contribution in [0.15, 0.2) is 41.2 Å². The first kappa shape index (κ1) is 19.3. The van der Waals surface area contributed by atoms with Crippen molar-refractivity contribution in [1.82, 2.24) is 4.98 Å². The second-order valence-corrected chi connectivity index (χ2v) is 10.4. The molecule has 5 rings (SSSR count). The fourth-order valence-corrected chi connectivity index (χ4v) is 5.48. The molecule has 2 heterocycles. The first-order valence-electron chi connectivity index (χ1n) is 10.9. The van der Waals surface area contributed by atoms with Crippen LogP contribution < -0.4 is 4.57 Å². The first-order chi connectivity index (χ1) is 14.1. The van der Waals surface area contributed by atoms with Gasteiger partial charge in [-0.05, 0) is 54.2 Å². The van der Waals surface area contributed by atoms with E-state index in [1.165, 1.54) is 45.9 Å². The number of nitrogens with zero attached hydrogens (tertiary/aromatic N) is 2. The van der Waals surface area contributed by atoms with E-state index in [4.69, 9.17) is 4.42 Å². The van der Waals surface area contributed by atoms with E-state index in [-0.39, 0.29) is 10.8 Å². The van der Waals surface area contributed by atoms with Crippen LogP contribution in [0.3, 0.4) is 0 Å². The van der Waals surface area contributed by atoms with Crippen molar-refractivity contribution >= 4 is 21.9 Å². The Morgan fingerprint density at radius 3 is 2.43 bits per heavy atom. The van der Waals surface area contributed by atoms with E-state index in [1.54, 1.807) is 0 Å². The van der Waals surface area contributed by atoms with Gasteiger partial charge in [0.05, 0.1) is 18.0 Å². The van der Waals surface area contributed by atoms with Crippen molar-refractivity contribution in [3.8, 4) is 11.3 Å². The molecule has 3 heteroatoms. The molecule has 2 aromatic heterocycles. The molecule has 0 aliphatic heterocycles. The predicted octanol–water partition coefficient (Wildman–Crippen LogP) is 6.44. The molecule has 0 bridgehead atoms. The Balaban J connectivity index is 1.97. The Labute approximate surface area is 178 Å². The van der Waals surface area contributed by atoms with Gasteiger partial charge in [0, 0.05) is 16.3 Å². The summed E-state index contributed by atoms with van der Waals surface area (Å²) in [5.74, 6) is 0. The molecule has 0 unspecified atom stereocenters. The van der Waals surface area contributed by atoms with Gasteiger partial charge in [-0.2, -0.15) is 4.57 Å². The third-order valence-corrected chi connectivity index (χ3v) is 7.30. The van der Waals surface area contributed by atoms with Crippen molar-refractivity contribution in [2.24, 2.45) is 7.05 Å². The maximum Gasteiger partial charge on any atom is 0.234 e. The lowest BCUT2D eigenvalue weighted by Gasteiger charge is -2.41. The van der Waals surface area contributed by atoms with Gasteiger partial charge in [-0.25, -0.2) is 0 Å². The summed E-state index contributed by atoms with van der Waals surface area (Å²) in [4.78, 5) is 4.40. The highest BCUT2D eigenvalue weighted by molar-refractivity contribution is 6.12. The molecule has 0 fully saturated rings. The SMILES string of the molecule is Cc1cc(C)c2c(oc3c4c(ccc32)C(C)(C)CCC4(C)C)c1-c1cncc[n+]1C. The second kappa shape index (κ2) is 6.16. The van der Waals surface area contributed by atoms with Crippen LogP contribution >= 0.6 is 0 Å². The normalized spacial score (nSPS) is 17.4. The van der Waals surface area contributed by atoms with Gasteiger partial charge in [-0.1, -0.05) is 45.9 Å². The monoisotopic (exact) mass is 399 g/mol.